The second-order valence-corrected chi connectivity index (χ2v) is 5.94. The minimum atomic E-state index is -0.979. The lowest BCUT2D eigenvalue weighted by Crippen LogP contribution is -2.38. The highest BCUT2D eigenvalue weighted by atomic mass is 19.2. The molecular weight excluding hydrogens is 308 g/mol. The standard InChI is InChI=1S/C15H19F2N3O3/c1-15(8-21,9-22)7-20(2)6-13-18-14(19-23-13)10-3-4-11(16)12(17)5-10/h3-5,21-22H,6-9H2,1-2H3. The molecule has 0 atom stereocenters. The SMILES string of the molecule is CN(Cc1nc(-c2ccc(F)c(F)c2)no1)CC(C)(CO)CO. The van der Waals surface area contributed by atoms with Crippen molar-refractivity contribution in [3.8, 4) is 11.4 Å². The Morgan fingerprint density at radius 3 is 2.52 bits per heavy atom. The molecule has 0 spiro atoms. The van der Waals surface area contributed by atoms with E-state index in [9.17, 15) is 19.0 Å². The molecule has 126 valence electrons. The summed E-state index contributed by atoms with van der Waals surface area (Å²) in [4.78, 5) is 5.95. The number of aliphatic hydroxyl groups excluding tert-OH is 2. The molecule has 1 heterocycles. The molecule has 0 bridgehead atoms. The van der Waals surface area contributed by atoms with Gasteiger partial charge in [0.25, 0.3) is 0 Å². The van der Waals surface area contributed by atoms with Crippen LogP contribution in [0.1, 0.15) is 12.8 Å². The van der Waals surface area contributed by atoms with Crippen LogP contribution < -0.4 is 0 Å². The Morgan fingerprint density at radius 1 is 1.22 bits per heavy atom. The first-order valence-electron chi connectivity index (χ1n) is 7.05. The van der Waals surface area contributed by atoms with E-state index < -0.39 is 17.0 Å². The van der Waals surface area contributed by atoms with Gasteiger partial charge in [0.1, 0.15) is 0 Å². The number of nitrogens with zero attached hydrogens (tertiary/aromatic N) is 3. The van der Waals surface area contributed by atoms with Crippen molar-refractivity contribution >= 4 is 0 Å². The maximum atomic E-state index is 13.2. The first kappa shape index (κ1) is 17.5. The molecule has 0 fully saturated rings. The predicted molar refractivity (Wildman–Crippen MR) is 78.3 cm³/mol. The van der Waals surface area contributed by atoms with E-state index in [4.69, 9.17) is 4.52 Å². The summed E-state index contributed by atoms with van der Waals surface area (Å²) in [6, 6.07) is 3.37. The highest BCUT2D eigenvalue weighted by molar-refractivity contribution is 5.54. The van der Waals surface area contributed by atoms with Crippen molar-refractivity contribution in [2.75, 3.05) is 26.8 Å². The number of aromatic nitrogens is 2. The minimum Gasteiger partial charge on any atom is -0.396 e. The van der Waals surface area contributed by atoms with E-state index in [2.05, 4.69) is 10.1 Å². The van der Waals surface area contributed by atoms with E-state index >= 15 is 0 Å². The van der Waals surface area contributed by atoms with Crippen molar-refractivity contribution in [3.63, 3.8) is 0 Å². The van der Waals surface area contributed by atoms with Gasteiger partial charge in [0.15, 0.2) is 11.6 Å². The van der Waals surface area contributed by atoms with Crippen LogP contribution in [0.25, 0.3) is 11.4 Å². The van der Waals surface area contributed by atoms with Crippen molar-refractivity contribution in [2.24, 2.45) is 5.41 Å². The summed E-state index contributed by atoms with van der Waals surface area (Å²) in [6.45, 7) is 2.16. The molecule has 2 N–H and O–H groups in total. The first-order chi connectivity index (χ1) is 10.9. The zero-order valence-corrected chi connectivity index (χ0v) is 13.0. The molecule has 6 nitrogen and oxygen atoms in total. The van der Waals surface area contributed by atoms with Gasteiger partial charge in [0.2, 0.25) is 11.7 Å². The number of hydrogen-bond acceptors (Lipinski definition) is 6. The van der Waals surface area contributed by atoms with Gasteiger partial charge in [-0.25, -0.2) is 8.78 Å². The lowest BCUT2D eigenvalue weighted by atomic mass is 9.92. The van der Waals surface area contributed by atoms with Gasteiger partial charge in [-0.1, -0.05) is 12.1 Å². The van der Waals surface area contributed by atoms with Gasteiger partial charge < -0.3 is 14.7 Å². The molecule has 2 aromatic rings. The van der Waals surface area contributed by atoms with E-state index in [1.165, 1.54) is 6.07 Å². The molecule has 0 saturated heterocycles. The van der Waals surface area contributed by atoms with Crippen LogP contribution >= 0.6 is 0 Å². The summed E-state index contributed by atoms with van der Waals surface area (Å²) in [6.07, 6.45) is 0. The predicted octanol–water partition coefficient (Wildman–Crippen LogP) is 1.44. The molecule has 0 aliphatic heterocycles. The molecule has 0 aliphatic carbocycles. The smallest absolute Gasteiger partial charge is 0.241 e. The Morgan fingerprint density at radius 2 is 1.91 bits per heavy atom. The van der Waals surface area contributed by atoms with Gasteiger partial charge in [-0.05, 0) is 25.2 Å². The Bertz CT molecular complexity index is 659. The van der Waals surface area contributed by atoms with Crippen LogP contribution in [0.2, 0.25) is 0 Å². The Kier molecular flexibility index (Phi) is 5.40. The zero-order valence-electron chi connectivity index (χ0n) is 13.0. The average molecular weight is 327 g/mol. The molecule has 0 saturated carbocycles. The number of halogens is 2. The van der Waals surface area contributed by atoms with Crippen LogP contribution in [0.3, 0.4) is 0 Å². The summed E-state index contributed by atoms with van der Waals surface area (Å²) >= 11 is 0. The van der Waals surface area contributed by atoms with E-state index in [1.54, 1.807) is 14.0 Å². The Labute approximate surface area is 132 Å². The highest BCUT2D eigenvalue weighted by Gasteiger charge is 2.25. The molecule has 0 amide bonds. The van der Waals surface area contributed by atoms with Gasteiger partial charge in [-0.15, -0.1) is 0 Å². The first-order valence-corrected chi connectivity index (χ1v) is 7.05. The van der Waals surface area contributed by atoms with Crippen LogP contribution in [0.4, 0.5) is 8.78 Å². The van der Waals surface area contributed by atoms with Gasteiger partial charge in [-0.2, -0.15) is 4.98 Å². The van der Waals surface area contributed by atoms with E-state index in [-0.39, 0.29) is 19.0 Å². The van der Waals surface area contributed by atoms with Crippen molar-refractivity contribution in [1.82, 2.24) is 15.0 Å². The number of aliphatic hydroxyl groups is 2. The second-order valence-electron chi connectivity index (χ2n) is 5.94. The molecule has 0 aliphatic rings. The van der Waals surface area contributed by atoms with Gasteiger partial charge in [0, 0.05) is 17.5 Å². The van der Waals surface area contributed by atoms with E-state index in [1.807, 2.05) is 4.90 Å². The average Bonchev–Trinajstić information content (AvgIpc) is 2.98. The summed E-state index contributed by atoms with van der Waals surface area (Å²) in [5.41, 5.74) is -0.324. The fourth-order valence-corrected chi connectivity index (χ4v) is 2.16. The Hall–Kier alpha value is -1.90. The molecule has 2 rings (SSSR count). The third-order valence-electron chi connectivity index (χ3n) is 3.47. The van der Waals surface area contributed by atoms with Crippen molar-refractivity contribution in [2.45, 2.75) is 13.5 Å². The summed E-state index contributed by atoms with van der Waals surface area (Å²) in [5.74, 6) is -1.46. The number of hydrogen-bond donors (Lipinski definition) is 2. The number of rotatable bonds is 7. The molecule has 0 unspecified atom stereocenters. The zero-order chi connectivity index (χ0) is 17.0. The summed E-state index contributed by atoms with van der Waals surface area (Å²) in [7, 11) is 1.78. The van der Waals surface area contributed by atoms with Gasteiger partial charge >= 0.3 is 0 Å². The molecule has 1 aromatic heterocycles. The minimum absolute atomic E-state index is 0.155. The molecule has 1 aromatic carbocycles. The lowest BCUT2D eigenvalue weighted by Gasteiger charge is -2.29. The quantitative estimate of drug-likeness (QED) is 0.801. The maximum absolute atomic E-state index is 13.2. The molecule has 23 heavy (non-hydrogen) atoms. The fourth-order valence-electron chi connectivity index (χ4n) is 2.16. The topological polar surface area (TPSA) is 82.6 Å². The van der Waals surface area contributed by atoms with Crippen LogP contribution in [0, 0.1) is 17.0 Å². The van der Waals surface area contributed by atoms with Crippen LogP contribution in [0.5, 0.6) is 0 Å². The van der Waals surface area contributed by atoms with Crippen molar-refractivity contribution in [3.05, 3.63) is 35.7 Å². The van der Waals surface area contributed by atoms with Crippen LogP contribution in [0.15, 0.2) is 22.7 Å². The summed E-state index contributed by atoms with van der Waals surface area (Å²) < 4.78 is 31.3. The molecule has 8 heteroatoms. The van der Waals surface area contributed by atoms with Crippen LogP contribution in [-0.2, 0) is 6.54 Å². The van der Waals surface area contributed by atoms with Crippen molar-refractivity contribution in [1.29, 1.82) is 0 Å². The normalized spacial score (nSPS) is 12.1. The summed E-state index contributed by atoms with van der Waals surface area (Å²) in [5, 5.41) is 22.3. The monoisotopic (exact) mass is 327 g/mol. The fraction of sp³-hybridized carbons (Fsp3) is 0.467. The van der Waals surface area contributed by atoms with Crippen LogP contribution in [-0.4, -0.2) is 52.1 Å². The largest absolute Gasteiger partial charge is 0.396 e. The maximum Gasteiger partial charge on any atom is 0.241 e. The lowest BCUT2D eigenvalue weighted by molar-refractivity contribution is 0.0378. The Balaban J connectivity index is 2.06. The number of benzene rings is 1. The van der Waals surface area contributed by atoms with E-state index in [0.29, 0.717) is 24.5 Å². The third-order valence-corrected chi connectivity index (χ3v) is 3.47. The second kappa shape index (κ2) is 7.12. The van der Waals surface area contributed by atoms with Gasteiger partial charge in [0.05, 0.1) is 19.8 Å². The highest BCUT2D eigenvalue weighted by Crippen LogP contribution is 2.20. The third kappa shape index (κ3) is 4.31. The van der Waals surface area contributed by atoms with E-state index in [0.717, 1.165) is 12.1 Å². The molecule has 0 radical (unpaired) electrons. The molecular formula is C15H19F2N3O3. The van der Waals surface area contributed by atoms with Crippen molar-refractivity contribution < 1.29 is 23.5 Å². The van der Waals surface area contributed by atoms with Gasteiger partial charge in [-0.3, -0.25) is 4.90 Å².